The molecule has 0 amide bonds. The Kier molecular flexibility index (Phi) is 4.33. The van der Waals surface area contributed by atoms with Gasteiger partial charge in [0.2, 0.25) is 0 Å². The van der Waals surface area contributed by atoms with Crippen LogP contribution in [0.25, 0.3) is 0 Å². The lowest BCUT2D eigenvalue weighted by Gasteiger charge is -2.56. The van der Waals surface area contributed by atoms with Crippen LogP contribution in [0.15, 0.2) is 0 Å². The number of esters is 2. The largest absolute Gasteiger partial charge is 0.457 e. The number of alkyl halides is 2. The minimum Gasteiger partial charge on any atom is -0.457 e. The Hall–Kier alpha value is -1.24. The summed E-state index contributed by atoms with van der Waals surface area (Å²) in [5.74, 6) is -5.23. The molecule has 0 heterocycles. The van der Waals surface area contributed by atoms with Gasteiger partial charge in [0, 0.05) is 20.0 Å². The van der Waals surface area contributed by atoms with Crippen molar-refractivity contribution in [2.75, 3.05) is 13.9 Å². The Morgan fingerprint density at radius 2 is 1.83 bits per heavy atom. The Morgan fingerprint density at radius 1 is 1.13 bits per heavy atom. The van der Waals surface area contributed by atoms with Gasteiger partial charge in [-0.2, -0.15) is 8.78 Å². The second-order valence-electron chi connectivity index (χ2n) is 7.15. The van der Waals surface area contributed by atoms with E-state index in [-0.39, 0.29) is 36.4 Å². The quantitative estimate of drug-likeness (QED) is 0.571. The van der Waals surface area contributed by atoms with Gasteiger partial charge in [-0.3, -0.25) is 4.79 Å². The fourth-order valence-corrected chi connectivity index (χ4v) is 4.85. The van der Waals surface area contributed by atoms with Crippen LogP contribution >= 0.6 is 0 Å². The van der Waals surface area contributed by atoms with E-state index < -0.39 is 18.0 Å². The van der Waals surface area contributed by atoms with Crippen molar-refractivity contribution in [3.05, 3.63) is 0 Å². The van der Waals surface area contributed by atoms with E-state index in [0.717, 1.165) is 25.7 Å². The molecule has 0 aliphatic heterocycles. The van der Waals surface area contributed by atoms with E-state index in [1.54, 1.807) is 0 Å². The minimum absolute atomic E-state index is 0.0790. The van der Waals surface area contributed by atoms with Gasteiger partial charge in [0.25, 0.3) is 0 Å². The van der Waals surface area contributed by atoms with Crippen molar-refractivity contribution in [2.24, 2.45) is 29.6 Å². The number of ether oxygens (including phenoxy) is 3. The van der Waals surface area contributed by atoms with Crippen LogP contribution in [-0.4, -0.2) is 37.9 Å². The summed E-state index contributed by atoms with van der Waals surface area (Å²) in [4.78, 5) is 23.9. The van der Waals surface area contributed by atoms with Crippen LogP contribution in [-0.2, 0) is 23.8 Å². The lowest BCUT2D eigenvalue weighted by Crippen LogP contribution is -2.57. The average Bonchev–Trinajstić information content (AvgIpc) is 2.46. The number of halogens is 2. The number of carbonyl (C=O) groups excluding carboxylic acids is 2. The zero-order chi connectivity index (χ0) is 16.8. The minimum atomic E-state index is -3.51. The highest BCUT2D eigenvalue weighted by molar-refractivity contribution is 5.77. The molecule has 0 radical (unpaired) electrons. The molecule has 130 valence electrons. The molecule has 4 fully saturated rings. The van der Waals surface area contributed by atoms with Gasteiger partial charge in [-0.15, -0.1) is 0 Å². The van der Waals surface area contributed by atoms with Crippen LogP contribution in [0.2, 0.25) is 0 Å². The van der Waals surface area contributed by atoms with Gasteiger partial charge in [0.1, 0.15) is 6.10 Å². The first kappa shape index (κ1) is 16.6. The molecule has 0 spiro atoms. The Morgan fingerprint density at radius 3 is 2.48 bits per heavy atom. The van der Waals surface area contributed by atoms with Crippen LogP contribution in [0.3, 0.4) is 0 Å². The zero-order valence-electron chi connectivity index (χ0n) is 13.3. The van der Waals surface area contributed by atoms with E-state index in [9.17, 15) is 18.4 Å². The number of rotatable bonds is 5. The van der Waals surface area contributed by atoms with Crippen LogP contribution in [0, 0.1) is 29.6 Å². The van der Waals surface area contributed by atoms with Gasteiger partial charge in [-0.05, 0) is 43.4 Å². The molecule has 4 saturated carbocycles. The van der Waals surface area contributed by atoms with Gasteiger partial charge in [0.05, 0.1) is 5.92 Å². The summed E-state index contributed by atoms with van der Waals surface area (Å²) in [5.41, 5.74) is 0. The molecule has 6 atom stereocenters. The predicted molar refractivity (Wildman–Crippen MR) is 74.4 cm³/mol. The first-order valence-electron chi connectivity index (χ1n) is 8.05. The van der Waals surface area contributed by atoms with Gasteiger partial charge in [-0.25, -0.2) is 4.79 Å². The van der Waals surface area contributed by atoms with E-state index in [1.807, 2.05) is 0 Å². The SMILES string of the molecule is COCOC(=O)C1C2CC3CC(C2)C(OC(=O)C(C)(F)F)C1C3. The van der Waals surface area contributed by atoms with Crippen molar-refractivity contribution in [1.82, 2.24) is 0 Å². The Balaban J connectivity index is 1.76. The molecule has 0 N–H and O–H groups in total. The number of hydrogen-bond acceptors (Lipinski definition) is 5. The highest BCUT2D eigenvalue weighted by Gasteiger charge is 2.58. The van der Waals surface area contributed by atoms with Crippen molar-refractivity contribution in [1.29, 1.82) is 0 Å². The third kappa shape index (κ3) is 3.07. The number of methoxy groups -OCH3 is 1. The summed E-state index contributed by atoms with van der Waals surface area (Å²) in [7, 11) is 1.43. The second-order valence-corrected chi connectivity index (χ2v) is 7.15. The second kappa shape index (κ2) is 6.00. The first-order chi connectivity index (χ1) is 10.8. The summed E-state index contributed by atoms with van der Waals surface area (Å²) in [6.45, 7) is 0.412. The van der Waals surface area contributed by atoms with Crippen LogP contribution in [0.1, 0.15) is 32.6 Å². The average molecular weight is 332 g/mol. The van der Waals surface area contributed by atoms with E-state index >= 15 is 0 Å². The molecule has 4 aliphatic carbocycles. The smallest absolute Gasteiger partial charge is 0.376 e. The molecular weight excluding hydrogens is 310 g/mol. The van der Waals surface area contributed by atoms with Gasteiger partial charge in [0.15, 0.2) is 6.79 Å². The van der Waals surface area contributed by atoms with Crippen LogP contribution in [0.4, 0.5) is 8.78 Å². The molecule has 6 unspecified atom stereocenters. The summed E-state index contributed by atoms with van der Waals surface area (Å²) in [6, 6.07) is 0. The van der Waals surface area contributed by atoms with E-state index in [0.29, 0.717) is 12.8 Å². The number of hydrogen-bond donors (Lipinski definition) is 0. The normalized spacial score (nSPS) is 38.4. The Bertz CT molecular complexity index is 489. The maximum absolute atomic E-state index is 13.2. The van der Waals surface area contributed by atoms with Crippen molar-refractivity contribution < 1.29 is 32.6 Å². The number of carbonyl (C=O) groups is 2. The lowest BCUT2D eigenvalue weighted by molar-refractivity contribution is -0.208. The third-order valence-corrected chi connectivity index (χ3v) is 5.53. The van der Waals surface area contributed by atoms with E-state index in [2.05, 4.69) is 0 Å². The molecule has 0 aromatic carbocycles. The molecule has 4 rings (SSSR count). The van der Waals surface area contributed by atoms with E-state index in [1.165, 1.54) is 7.11 Å². The van der Waals surface area contributed by atoms with Crippen LogP contribution < -0.4 is 0 Å². The van der Waals surface area contributed by atoms with Crippen molar-refractivity contribution in [3.8, 4) is 0 Å². The van der Waals surface area contributed by atoms with Crippen molar-refractivity contribution >= 4 is 11.9 Å². The molecule has 5 nitrogen and oxygen atoms in total. The molecule has 23 heavy (non-hydrogen) atoms. The Labute approximate surface area is 133 Å². The highest BCUT2D eigenvalue weighted by atomic mass is 19.3. The molecule has 7 heteroatoms. The molecule has 4 aliphatic rings. The molecule has 4 bridgehead atoms. The van der Waals surface area contributed by atoms with Crippen LogP contribution in [0.5, 0.6) is 0 Å². The maximum Gasteiger partial charge on any atom is 0.376 e. The van der Waals surface area contributed by atoms with Crippen molar-refractivity contribution in [2.45, 2.75) is 44.6 Å². The monoisotopic (exact) mass is 332 g/mol. The van der Waals surface area contributed by atoms with E-state index in [4.69, 9.17) is 14.2 Å². The molecule has 0 saturated heterocycles. The van der Waals surface area contributed by atoms with Crippen molar-refractivity contribution in [3.63, 3.8) is 0 Å². The first-order valence-corrected chi connectivity index (χ1v) is 8.05. The maximum atomic E-state index is 13.2. The molecular formula is C16H22F2O5. The van der Waals surface area contributed by atoms with Gasteiger partial charge >= 0.3 is 17.9 Å². The molecule has 0 aromatic heterocycles. The third-order valence-electron chi connectivity index (χ3n) is 5.53. The summed E-state index contributed by atoms with van der Waals surface area (Å²) in [6.07, 6.45) is 2.70. The fraction of sp³-hybridized carbons (Fsp3) is 0.875. The predicted octanol–water partition coefficient (Wildman–Crippen LogP) is 2.38. The van der Waals surface area contributed by atoms with Gasteiger partial charge in [-0.1, -0.05) is 0 Å². The highest BCUT2D eigenvalue weighted by Crippen LogP contribution is 2.57. The topological polar surface area (TPSA) is 61.8 Å². The standard InChI is InChI=1S/C16H22F2O5/c1-16(17,18)15(20)23-13-10-4-8-3-9(6-10)12(11(13)5-8)14(19)22-7-21-2/h8-13H,3-7H2,1-2H3. The molecule has 0 aromatic rings. The zero-order valence-corrected chi connectivity index (χ0v) is 13.3. The summed E-state index contributed by atoms with van der Waals surface area (Å²) in [5, 5.41) is 0. The van der Waals surface area contributed by atoms with Gasteiger partial charge < -0.3 is 14.2 Å². The summed E-state index contributed by atoms with van der Waals surface area (Å²) < 4.78 is 41.3. The fourth-order valence-electron chi connectivity index (χ4n) is 4.85. The summed E-state index contributed by atoms with van der Waals surface area (Å²) >= 11 is 0. The lowest BCUT2D eigenvalue weighted by atomic mass is 9.50.